The van der Waals surface area contributed by atoms with E-state index in [0.29, 0.717) is 0 Å². The predicted octanol–water partition coefficient (Wildman–Crippen LogP) is -4.86. The van der Waals surface area contributed by atoms with Crippen molar-refractivity contribution in [1.29, 1.82) is 0 Å². The molecule has 0 aromatic rings. The van der Waals surface area contributed by atoms with Crippen LogP contribution in [-0.4, -0.2) is 66.8 Å². The fourth-order valence-corrected chi connectivity index (χ4v) is 2.85. The minimum atomic E-state index is -5.46. The van der Waals surface area contributed by atoms with E-state index >= 15 is 0 Å². The summed E-state index contributed by atoms with van der Waals surface area (Å²) in [5, 5.41) is 37.8. The lowest BCUT2D eigenvalue weighted by molar-refractivity contribution is -0.268. The van der Waals surface area contributed by atoms with Gasteiger partial charge in [0, 0.05) is 0 Å². The molecule has 0 aromatic carbocycles. The van der Waals surface area contributed by atoms with Gasteiger partial charge in [0.15, 0.2) is 0 Å². The minimum absolute atomic E-state index is 2.17. The van der Waals surface area contributed by atoms with Gasteiger partial charge in [-0.05, 0) is 0 Å². The van der Waals surface area contributed by atoms with Gasteiger partial charge in [0.05, 0.1) is 0 Å². The molecule has 1 rings (SSSR count). The summed E-state index contributed by atoms with van der Waals surface area (Å²) in [5.41, 5.74) is 0. The zero-order chi connectivity index (χ0) is 15.9. The van der Waals surface area contributed by atoms with Crippen molar-refractivity contribution in [2.45, 2.75) is 36.6 Å². The van der Waals surface area contributed by atoms with Gasteiger partial charge in [-0.2, -0.15) is 0 Å². The molecule has 1 saturated carbocycles. The van der Waals surface area contributed by atoms with E-state index in [4.69, 9.17) is 9.79 Å². The van der Waals surface area contributed by atoms with Crippen molar-refractivity contribution in [3.63, 3.8) is 0 Å². The number of phosphoric acid groups is 2. The number of aliphatic hydroxyl groups is 4. The molecule has 0 spiro atoms. The van der Waals surface area contributed by atoms with Crippen LogP contribution in [0.4, 0.5) is 0 Å². The van der Waals surface area contributed by atoms with Gasteiger partial charge in [-0.15, -0.1) is 0 Å². The van der Waals surface area contributed by atoms with E-state index in [0.717, 1.165) is 0 Å². The van der Waals surface area contributed by atoms with Crippen LogP contribution < -0.4 is 9.79 Å². The lowest BCUT2D eigenvalue weighted by Gasteiger charge is -2.44. The second kappa shape index (κ2) is 6.05. The van der Waals surface area contributed by atoms with Crippen LogP contribution in [0.25, 0.3) is 0 Å². The Kier molecular flexibility index (Phi) is 5.48. The van der Waals surface area contributed by atoms with E-state index in [1.807, 2.05) is 0 Å². The van der Waals surface area contributed by atoms with Crippen molar-refractivity contribution >= 4 is 15.6 Å². The van der Waals surface area contributed by atoms with Crippen LogP contribution in [0.5, 0.6) is 0 Å². The second-order valence-corrected chi connectivity index (χ2v) is 6.34. The Morgan fingerprint density at radius 3 is 1.25 bits per heavy atom. The van der Waals surface area contributed by atoms with Gasteiger partial charge < -0.3 is 49.0 Å². The van der Waals surface area contributed by atoms with Crippen LogP contribution in [0.2, 0.25) is 0 Å². The highest BCUT2D eigenvalue weighted by Crippen LogP contribution is 2.42. The summed E-state index contributed by atoms with van der Waals surface area (Å²) < 4.78 is 28.9. The molecule has 4 unspecified atom stereocenters. The Morgan fingerprint density at radius 2 is 1.00 bits per heavy atom. The first-order valence-corrected chi connectivity index (χ1v) is 7.99. The van der Waals surface area contributed by atoms with Gasteiger partial charge >= 0.3 is 0 Å². The standard InChI is InChI=1S/C6H14O12P2/c7-1-2(8)5(17-19(11,12)13)4(10)6(3(1)9)18-20(14,15)16/h1-10H,(H2,11,12,13)(H2,14,15,16)/p-2/t1?,2-,3+,4?,5-,6-/m0/s1. The van der Waals surface area contributed by atoms with Crippen LogP contribution in [0.15, 0.2) is 0 Å². The molecule has 8 atom stereocenters. The molecule has 0 aromatic heterocycles. The lowest BCUT2D eigenvalue weighted by Crippen LogP contribution is -2.64. The highest BCUT2D eigenvalue weighted by Gasteiger charge is 2.52. The van der Waals surface area contributed by atoms with E-state index in [2.05, 4.69) is 9.05 Å². The fraction of sp³-hybridized carbons (Fsp3) is 1.00. The highest BCUT2D eigenvalue weighted by atomic mass is 31.2. The molecule has 1 aliphatic rings. The van der Waals surface area contributed by atoms with Crippen LogP contribution in [0.3, 0.4) is 0 Å². The molecule has 6 N–H and O–H groups in total. The SMILES string of the molecule is O=P([O-])(O)O[C@@H]1C(O)[C@@H](OP(=O)([O-])O)[C@@H](O)C(O)[C@H]1O. The number of phosphoric ester groups is 2. The van der Waals surface area contributed by atoms with Crippen molar-refractivity contribution in [1.82, 2.24) is 0 Å². The number of rotatable bonds is 4. The van der Waals surface area contributed by atoms with Crippen molar-refractivity contribution < 1.29 is 58.2 Å². The van der Waals surface area contributed by atoms with Crippen molar-refractivity contribution in [2.75, 3.05) is 0 Å². The molecule has 0 aliphatic heterocycles. The summed E-state index contributed by atoms with van der Waals surface area (Å²) >= 11 is 0. The number of aliphatic hydroxyl groups excluding tert-OH is 4. The van der Waals surface area contributed by atoms with E-state index in [9.17, 15) is 39.3 Å². The molecular formula is C6H12O12P2-2. The normalized spacial score (nSPS) is 44.6. The van der Waals surface area contributed by atoms with Gasteiger partial charge in [0.1, 0.15) is 36.6 Å². The smallest absolute Gasteiger partial charge is 0.265 e. The average Bonchev–Trinajstić information content (AvgIpc) is 2.25. The highest BCUT2D eigenvalue weighted by molar-refractivity contribution is 7.45. The van der Waals surface area contributed by atoms with E-state index in [1.165, 1.54) is 0 Å². The molecule has 1 aliphatic carbocycles. The molecule has 20 heavy (non-hydrogen) atoms. The topological polar surface area (TPSA) is 220 Å². The Balaban J connectivity index is 3.02. The largest absolute Gasteiger partial charge is 0.756 e. The molecule has 0 saturated heterocycles. The maximum Gasteiger partial charge on any atom is 0.265 e. The van der Waals surface area contributed by atoms with Crippen molar-refractivity contribution in [2.24, 2.45) is 0 Å². The van der Waals surface area contributed by atoms with Gasteiger partial charge in [-0.3, -0.25) is 9.13 Å². The zero-order valence-electron chi connectivity index (χ0n) is 9.49. The Hall–Kier alpha value is 0.0600. The summed E-state index contributed by atoms with van der Waals surface area (Å²) in [6, 6.07) is 0. The van der Waals surface area contributed by atoms with Gasteiger partial charge in [0.25, 0.3) is 15.6 Å². The summed E-state index contributed by atoms with van der Waals surface area (Å²) in [4.78, 5) is 38.1. The summed E-state index contributed by atoms with van der Waals surface area (Å²) in [5.74, 6) is 0. The quantitative estimate of drug-likeness (QED) is 0.266. The predicted molar refractivity (Wildman–Crippen MR) is 53.4 cm³/mol. The molecular weight excluding hydrogens is 326 g/mol. The molecule has 120 valence electrons. The number of hydrogen-bond donors (Lipinski definition) is 6. The summed E-state index contributed by atoms with van der Waals surface area (Å²) in [6.45, 7) is 0. The van der Waals surface area contributed by atoms with Crippen LogP contribution >= 0.6 is 15.6 Å². The minimum Gasteiger partial charge on any atom is -0.756 e. The third kappa shape index (κ3) is 4.53. The molecule has 0 radical (unpaired) electrons. The Morgan fingerprint density at radius 1 is 0.700 bits per heavy atom. The number of hydrogen-bond acceptors (Lipinski definition) is 10. The maximum atomic E-state index is 10.6. The van der Waals surface area contributed by atoms with Gasteiger partial charge in [-0.1, -0.05) is 0 Å². The molecule has 0 amide bonds. The second-order valence-electron chi connectivity index (χ2n) is 4.04. The monoisotopic (exact) mass is 338 g/mol. The first-order chi connectivity index (χ1) is 8.83. The Bertz CT molecular complexity index is 390. The van der Waals surface area contributed by atoms with E-state index in [-0.39, 0.29) is 0 Å². The third-order valence-electron chi connectivity index (χ3n) is 2.56. The first-order valence-electron chi connectivity index (χ1n) is 5.00. The van der Waals surface area contributed by atoms with Crippen LogP contribution in [0.1, 0.15) is 0 Å². The van der Waals surface area contributed by atoms with Crippen LogP contribution in [-0.2, 0) is 18.2 Å². The Labute approximate surface area is 111 Å². The third-order valence-corrected chi connectivity index (χ3v) is 3.58. The van der Waals surface area contributed by atoms with Gasteiger partial charge in [-0.25, -0.2) is 0 Å². The zero-order valence-corrected chi connectivity index (χ0v) is 11.3. The van der Waals surface area contributed by atoms with Crippen molar-refractivity contribution in [3.8, 4) is 0 Å². The van der Waals surface area contributed by atoms with E-state index < -0.39 is 52.3 Å². The molecule has 14 heteroatoms. The molecule has 0 bridgehead atoms. The van der Waals surface area contributed by atoms with E-state index in [1.54, 1.807) is 0 Å². The first kappa shape index (κ1) is 18.1. The molecule has 12 nitrogen and oxygen atoms in total. The summed E-state index contributed by atoms with van der Waals surface area (Å²) in [7, 11) is -10.9. The van der Waals surface area contributed by atoms with Crippen molar-refractivity contribution in [3.05, 3.63) is 0 Å². The van der Waals surface area contributed by atoms with Gasteiger partial charge in [0.2, 0.25) is 0 Å². The van der Waals surface area contributed by atoms with Crippen LogP contribution in [0, 0.1) is 0 Å². The average molecular weight is 338 g/mol. The summed E-state index contributed by atoms with van der Waals surface area (Å²) in [6.07, 6.45) is -13.3. The maximum absolute atomic E-state index is 10.6. The lowest BCUT2D eigenvalue weighted by atomic mass is 9.85. The fourth-order valence-electron chi connectivity index (χ4n) is 1.74. The molecule has 0 heterocycles. The molecule has 1 fully saturated rings.